The van der Waals surface area contributed by atoms with Crippen molar-refractivity contribution in [3.05, 3.63) is 18.0 Å². The van der Waals surface area contributed by atoms with Gasteiger partial charge in [0.15, 0.2) is 0 Å². The van der Waals surface area contributed by atoms with Gasteiger partial charge in [-0.3, -0.25) is 4.90 Å². The van der Waals surface area contributed by atoms with Crippen LogP contribution in [0, 0.1) is 0 Å². The number of ether oxygens (including phenoxy) is 1. The first-order chi connectivity index (χ1) is 12.2. The number of aromatic nitrogens is 2. The van der Waals surface area contributed by atoms with Gasteiger partial charge < -0.3 is 14.5 Å². The highest BCUT2D eigenvalue weighted by atomic mass is 16.5. The van der Waals surface area contributed by atoms with Crippen molar-refractivity contribution in [1.29, 1.82) is 0 Å². The Bertz CT molecular complexity index is 495. The zero-order valence-electron chi connectivity index (χ0n) is 15.9. The molecule has 0 aliphatic carbocycles. The maximum atomic E-state index is 5.83. The quantitative estimate of drug-likeness (QED) is 0.717. The van der Waals surface area contributed by atoms with Gasteiger partial charge in [0.05, 0.1) is 6.10 Å². The van der Waals surface area contributed by atoms with Gasteiger partial charge in [0.1, 0.15) is 0 Å². The predicted molar refractivity (Wildman–Crippen MR) is 101 cm³/mol. The summed E-state index contributed by atoms with van der Waals surface area (Å²) < 4.78 is 5.83. The number of hydrogen-bond acceptors (Lipinski definition) is 6. The van der Waals surface area contributed by atoms with Crippen molar-refractivity contribution in [2.45, 2.75) is 44.8 Å². The Balaban J connectivity index is 1.57. The van der Waals surface area contributed by atoms with Gasteiger partial charge in [-0.25, -0.2) is 9.97 Å². The Labute approximate surface area is 152 Å². The highest BCUT2D eigenvalue weighted by Crippen LogP contribution is 2.17. The summed E-state index contributed by atoms with van der Waals surface area (Å²) >= 11 is 0. The van der Waals surface area contributed by atoms with E-state index in [1.807, 2.05) is 12.4 Å². The zero-order chi connectivity index (χ0) is 17.5. The summed E-state index contributed by atoms with van der Waals surface area (Å²) in [5.74, 6) is 0.891. The normalized spacial score (nSPS) is 21.4. The van der Waals surface area contributed by atoms with Crippen LogP contribution in [0.2, 0.25) is 0 Å². The molecule has 3 rings (SSSR count). The molecular weight excluding hydrogens is 314 g/mol. The first-order valence-corrected chi connectivity index (χ1v) is 9.75. The van der Waals surface area contributed by atoms with Crippen molar-refractivity contribution in [1.82, 2.24) is 19.8 Å². The summed E-state index contributed by atoms with van der Waals surface area (Å²) in [5, 5.41) is 0. The molecule has 6 heteroatoms. The van der Waals surface area contributed by atoms with Crippen LogP contribution in [0.1, 0.15) is 37.7 Å². The molecular formula is C19H33N5O. The van der Waals surface area contributed by atoms with E-state index >= 15 is 0 Å². The van der Waals surface area contributed by atoms with Crippen molar-refractivity contribution < 1.29 is 4.74 Å². The molecule has 1 aromatic rings. The largest absolute Gasteiger partial charge is 0.377 e. The summed E-state index contributed by atoms with van der Waals surface area (Å²) in [6.07, 6.45) is 10.6. The molecule has 1 atom stereocenters. The molecule has 1 aromatic heterocycles. The second-order valence-electron chi connectivity index (χ2n) is 7.61. The number of nitrogens with zero attached hydrogens (tertiary/aromatic N) is 5. The minimum atomic E-state index is 0.385. The maximum Gasteiger partial charge on any atom is 0.225 e. The summed E-state index contributed by atoms with van der Waals surface area (Å²) in [6, 6.07) is 0. The van der Waals surface area contributed by atoms with E-state index in [4.69, 9.17) is 4.74 Å². The van der Waals surface area contributed by atoms with Gasteiger partial charge in [0.2, 0.25) is 5.95 Å². The summed E-state index contributed by atoms with van der Waals surface area (Å²) in [4.78, 5) is 16.3. The van der Waals surface area contributed by atoms with E-state index in [1.54, 1.807) is 0 Å². The van der Waals surface area contributed by atoms with Crippen molar-refractivity contribution in [2.75, 3.05) is 58.3 Å². The molecule has 0 unspecified atom stereocenters. The maximum absolute atomic E-state index is 5.83. The molecule has 140 valence electrons. The van der Waals surface area contributed by atoms with Gasteiger partial charge in [-0.15, -0.1) is 0 Å². The first kappa shape index (κ1) is 18.5. The molecule has 0 N–H and O–H groups in total. The lowest BCUT2D eigenvalue weighted by atomic mass is 10.1. The molecule has 0 saturated carbocycles. The van der Waals surface area contributed by atoms with E-state index in [9.17, 15) is 0 Å². The molecule has 2 aliphatic heterocycles. The fraction of sp³-hybridized carbons (Fsp3) is 0.789. The van der Waals surface area contributed by atoms with Crippen LogP contribution in [0.25, 0.3) is 0 Å². The van der Waals surface area contributed by atoms with Crippen LogP contribution < -0.4 is 4.90 Å². The number of piperidine rings is 1. The third kappa shape index (κ3) is 5.90. The average molecular weight is 348 g/mol. The summed E-state index contributed by atoms with van der Waals surface area (Å²) in [6.45, 7) is 7.09. The molecule has 3 heterocycles. The van der Waals surface area contributed by atoms with Crippen LogP contribution in [-0.4, -0.2) is 79.3 Å². The van der Waals surface area contributed by atoms with Crippen LogP contribution in [0.3, 0.4) is 0 Å². The van der Waals surface area contributed by atoms with E-state index in [0.29, 0.717) is 6.10 Å². The van der Waals surface area contributed by atoms with E-state index < -0.39 is 0 Å². The van der Waals surface area contributed by atoms with Crippen molar-refractivity contribution >= 4 is 5.95 Å². The Morgan fingerprint density at radius 1 is 1.08 bits per heavy atom. The average Bonchev–Trinajstić information content (AvgIpc) is 3.14. The first-order valence-electron chi connectivity index (χ1n) is 9.75. The van der Waals surface area contributed by atoms with E-state index in [0.717, 1.165) is 51.8 Å². The lowest BCUT2D eigenvalue weighted by Crippen LogP contribution is -2.36. The molecule has 25 heavy (non-hydrogen) atoms. The van der Waals surface area contributed by atoms with Gasteiger partial charge in [-0.05, 0) is 46.2 Å². The van der Waals surface area contributed by atoms with Crippen LogP contribution in [-0.2, 0) is 11.3 Å². The van der Waals surface area contributed by atoms with Gasteiger partial charge in [-0.1, -0.05) is 0 Å². The van der Waals surface area contributed by atoms with Crippen molar-refractivity contribution in [3.8, 4) is 0 Å². The molecule has 2 fully saturated rings. The zero-order valence-corrected chi connectivity index (χ0v) is 15.9. The van der Waals surface area contributed by atoms with E-state index in [2.05, 4.69) is 38.8 Å². The Kier molecular flexibility index (Phi) is 7.02. The monoisotopic (exact) mass is 347 g/mol. The van der Waals surface area contributed by atoms with Crippen LogP contribution >= 0.6 is 0 Å². The highest BCUT2D eigenvalue weighted by molar-refractivity contribution is 5.30. The molecule has 0 spiro atoms. The summed E-state index contributed by atoms with van der Waals surface area (Å²) in [7, 11) is 4.25. The summed E-state index contributed by atoms with van der Waals surface area (Å²) in [5.41, 5.74) is 1.19. The molecule has 2 saturated heterocycles. The third-order valence-corrected chi connectivity index (χ3v) is 5.09. The highest BCUT2D eigenvalue weighted by Gasteiger charge is 2.20. The predicted octanol–water partition coefficient (Wildman–Crippen LogP) is 2.01. The molecule has 0 amide bonds. The number of rotatable bonds is 8. The molecule has 0 aromatic carbocycles. The Hall–Kier alpha value is -1.24. The standard InChI is InChI=1S/C19H33N5O/c1-22(2)10-11-23(16-18-7-6-12-25-18)15-17-13-20-19(21-14-17)24-8-4-3-5-9-24/h13-14,18H,3-12,15-16H2,1-2H3/t18-/m1/s1. The molecule has 6 nitrogen and oxygen atoms in total. The fourth-order valence-electron chi connectivity index (χ4n) is 3.60. The molecule has 0 radical (unpaired) electrons. The van der Waals surface area contributed by atoms with Crippen molar-refractivity contribution in [2.24, 2.45) is 0 Å². The van der Waals surface area contributed by atoms with Crippen LogP contribution in [0.15, 0.2) is 12.4 Å². The van der Waals surface area contributed by atoms with Gasteiger partial charge in [0.25, 0.3) is 0 Å². The fourth-order valence-corrected chi connectivity index (χ4v) is 3.60. The lowest BCUT2D eigenvalue weighted by molar-refractivity contribution is 0.0682. The topological polar surface area (TPSA) is 44.7 Å². The van der Waals surface area contributed by atoms with E-state index in [-0.39, 0.29) is 0 Å². The minimum Gasteiger partial charge on any atom is -0.377 e. The Morgan fingerprint density at radius 2 is 1.84 bits per heavy atom. The van der Waals surface area contributed by atoms with Gasteiger partial charge in [0, 0.05) is 63.8 Å². The lowest BCUT2D eigenvalue weighted by Gasteiger charge is -2.28. The van der Waals surface area contributed by atoms with Gasteiger partial charge in [-0.2, -0.15) is 0 Å². The second-order valence-corrected chi connectivity index (χ2v) is 7.61. The molecule has 2 aliphatic rings. The second kappa shape index (κ2) is 9.46. The SMILES string of the molecule is CN(C)CCN(Cc1cnc(N2CCCCC2)nc1)C[C@H]1CCCO1. The van der Waals surface area contributed by atoms with Crippen LogP contribution in [0.4, 0.5) is 5.95 Å². The van der Waals surface area contributed by atoms with Gasteiger partial charge >= 0.3 is 0 Å². The smallest absolute Gasteiger partial charge is 0.225 e. The third-order valence-electron chi connectivity index (χ3n) is 5.09. The number of likely N-dealkylation sites (N-methyl/N-ethyl adjacent to an activating group) is 1. The minimum absolute atomic E-state index is 0.385. The number of hydrogen-bond donors (Lipinski definition) is 0. The molecule has 0 bridgehead atoms. The van der Waals surface area contributed by atoms with Crippen LogP contribution in [0.5, 0.6) is 0 Å². The number of anilines is 1. The van der Waals surface area contributed by atoms with Crippen molar-refractivity contribution in [3.63, 3.8) is 0 Å². The van der Waals surface area contributed by atoms with E-state index in [1.165, 1.54) is 37.7 Å². The Morgan fingerprint density at radius 3 is 2.48 bits per heavy atom.